The lowest BCUT2D eigenvalue weighted by molar-refractivity contribution is 0.169. The molecule has 3 heteroatoms. The summed E-state index contributed by atoms with van der Waals surface area (Å²) in [5, 5.41) is 8.80. The average molecular weight is 179 g/mol. The molecule has 0 spiro atoms. The van der Waals surface area contributed by atoms with E-state index in [4.69, 9.17) is 14.6 Å². The van der Waals surface area contributed by atoms with Gasteiger partial charge in [0, 0.05) is 12.2 Å². The van der Waals surface area contributed by atoms with Crippen LogP contribution in [0.2, 0.25) is 0 Å². The van der Waals surface area contributed by atoms with E-state index in [1.807, 2.05) is 6.07 Å². The molecule has 1 radical (unpaired) electrons. The van der Waals surface area contributed by atoms with Crippen molar-refractivity contribution in [1.82, 2.24) is 0 Å². The summed E-state index contributed by atoms with van der Waals surface area (Å²) in [7, 11) is 0. The molecule has 0 atom stereocenters. The van der Waals surface area contributed by atoms with Crippen molar-refractivity contribution < 1.29 is 14.6 Å². The highest BCUT2D eigenvalue weighted by Gasteiger charge is 2.14. The number of hydrogen-bond acceptors (Lipinski definition) is 3. The predicted octanol–water partition coefficient (Wildman–Crippen LogP) is 0.793. The Morgan fingerprint density at radius 1 is 1.38 bits per heavy atom. The fourth-order valence-corrected chi connectivity index (χ4v) is 1.37. The Hall–Kier alpha value is -1.22. The number of aliphatic hydroxyl groups is 1. The summed E-state index contributed by atoms with van der Waals surface area (Å²) in [6.45, 7) is 1.27. The summed E-state index contributed by atoms with van der Waals surface area (Å²) in [5.41, 5.74) is 0.889. The molecule has 0 aromatic heterocycles. The molecule has 1 aliphatic heterocycles. The first-order chi connectivity index (χ1) is 6.42. The first-order valence-corrected chi connectivity index (χ1v) is 4.32. The molecule has 0 amide bonds. The van der Waals surface area contributed by atoms with Crippen LogP contribution in [0.3, 0.4) is 0 Å². The Morgan fingerprint density at radius 2 is 2.23 bits per heavy atom. The van der Waals surface area contributed by atoms with Crippen molar-refractivity contribution in [3.63, 3.8) is 0 Å². The van der Waals surface area contributed by atoms with Gasteiger partial charge in [0.2, 0.25) is 0 Å². The number of fused-ring (bicyclic) bond motifs is 1. The second-order valence-corrected chi connectivity index (χ2v) is 2.82. The highest BCUT2D eigenvalue weighted by molar-refractivity contribution is 5.46. The molecule has 0 aliphatic carbocycles. The van der Waals surface area contributed by atoms with Crippen LogP contribution < -0.4 is 9.47 Å². The molecule has 2 rings (SSSR count). The third-order valence-electron chi connectivity index (χ3n) is 1.94. The van der Waals surface area contributed by atoms with E-state index in [-0.39, 0.29) is 6.61 Å². The lowest BCUT2D eigenvalue weighted by Crippen LogP contribution is -2.16. The van der Waals surface area contributed by atoms with E-state index in [0.717, 1.165) is 17.1 Å². The maximum Gasteiger partial charge on any atom is 0.165 e. The Balaban J connectivity index is 2.34. The van der Waals surface area contributed by atoms with Gasteiger partial charge in [-0.15, -0.1) is 0 Å². The van der Waals surface area contributed by atoms with Crippen LogP contribution in [0, 0.1) is 6.07 Å². The molecular weight excluding hydrogens is 168 g/mol. The van der Waals surface area contributed by atoms with Crippen LogP contribution in [0.4, 0.5) is 0 Å². The molecule has 1 aromatic carbocycles. The third kappa shape index (κ3) is 1.60. The highest BCUT2D eigenvalue weighted by Crippen LogP contribution is 2.33. The fourth-order valence-electron chi connectivity index (χ4n) is 1.37. The molecule has 1 aromatic rings. The zero-order chi connectivity index (χ0) is 9.10. The minimum atomic E-state index is 0.107. The second-order valence-electron chi connectivity index (χ2n) is 2.82. The molecule has 1 N–H and O–H groups in total. The Morgan fingerprint density at radius 3 is 3.08 bits per heavy atom. The van der Waals surface area contributed by atoms with Gasteiger partial charge in [0.1, 0.15) is 13.2 Å². The molecule has 0 unspecified atom stereocenters. The fraction of sp³-hybridized carbons (Fsp3) is 0.400. The standard InChI is InChI=1S/C10H11O3/c11-5-4-8-2-1-3-9-10(8)13-7-6-12-9/h1,3,11H,4-7H2. The van der Waals surface area contributed by atoms with Crippen molar-refractivity contribution in [3.8, 4) is 11.5 Å². The summed E-state index contributed by atoms with van der Waals surface area (Å²) in [6.07, 6.45) is 0.562. The number of aliphatic hydroxyl groups excluding tert-OH is 1. The van der Waals surface area contributed by atoms with Crippen LogP contribution in [-0.4, -0.2) is 24.9 Å². The van der Waals surface area contributed by atoms with Crippen LogP contribution >= 0.6 is 0 Å². The number of rotatable bonds is 2. The van der Waals surface area contributed by atoms with Gasteiger partial charge in [-0.05, 0) is 18.6 Å². The van der Waals surface area contributed by atoms with Crippen LogP contribution in [-0.2, 0) is 6.42 Å². The largest absolute Gasteiger partial charge is 0.486 e. The smallest absolute Gasteiger partial charge is 0.165 e. The van der Waals surface area contributed by atoms with Gasteiger partial charge >= 0.3 is 0 Å². The molecule has 69 valence electrons. The molecule has 1 heterocycles. The highest BCUT2D eigenvalue weighted by atomic mass is 16.6. The molecule has 0 fully saturated rings. The average Bonchev–Trinajstić information content (AvgIpc) is 2.19. The zero-order valence-corrected chi connectivity index (χ0v) is 7.25. The third-order valence-corrected chi connectivity index (χ3v) is 1.94. The predicted molar refractivity (Wildman–Crippen MR) is 47.1 cm³/mol. The van der Waals surface area contributed by atoms with Gasteiger partial charge in [-0.1, -0.05) is 6.07 Å². The molecule has 1 aliphatic rings. The lowest BCUT2D eigenvalue weighted by atomic mass is 10.1. The summed E-state index contributed by atoms with van der Waals surface area (Å²) in [4.78, 5) is 0. The van der Waals surface area contributed by atoms with E-state index in [1.165, 1.54) is 0 Å². The Bertz CT molecular complexity index is 296. The molecule has 3 nitrogen and oxygen atoms in total. The Kier molecular flexibility index (Phi) is 2.36. The first kappa shape index (κ1) is 8.38. The number of benzene rings is 1. The van der Waals surface area contributed by atoms with Crippen LogP contribution in [0.25, 0.3) is 0 Å². The normalized spacial score (nSPS) is 14.2. The maximum atomic E-state index is 8.80. The van der Waals surface area contributed by atoms with Crippen molar-refractivity contribution in [1.29, 1.82) is 0 Å². The van der Waals surface area contributed by atoms with Gasteiger partial charge in [-0.25, -0.2) is 0 Å². The second kappa shape index (κ2) is 3.66. The number of ether oxygens (including phenoxy) is 2. The lowest BCUT2D eigenvalue weighted by Gasteiger charge is -2.20. The van der Waals surface area contributed by atoms with Crippen LogP contribution in [0.1, 0.15) is 5.56 Å². The van der Waals surface area contributed by atoms with Crippen molar-refractivity contribution >= 4 is 0 Å². The van der Waals surface area contributed by atoms with Crippen LogP contribution in [0.15, 0.2) is 12.1 Å². The summed E-state index contributed by atoms with van der Waals surface area (Å²) in [5.74, 6) is 1.50. The van der Waals surface area contributed by atoms with E-state index < -0.39 is 0 Å². The quantitative estimate of drug-likeness (QED) is 0.729. The van der Waals surface area contributed by atoms with E-state index in [1.54, 1.807) is 6.07 Å². The summed E-state index contributed by atoms with van der Waals surface area (Å²) >= 11 is 0. The SMILES string of the molecule is OCCc1[c]ccc2c1OCCO2. The Labute approximate surface area is 76.9 Å². The van der Waals surface area contributed by atoms with E-state index in [0.29, 0.717) is 19.6 Å². The van der Waals surface area contributed by atoms with Crippen molar-refractivity contribution in [2.45, 2.75) is 6.42 Å². The zero-order valence-electron chi connectivity index (χ0n) is 7.25. The summed E-state index contributed by atoms with van der Waals surface area (Å²) in [6, 6.07) is 6.65. The monoisotopic (exact) mass is 179 g/mol. The van der Waals surface area contributed by atoms with Gasteiger partial charge in [-0.2, -0.15) is 0 Å². The topological polar surface area (TPSA) is 38.7 Å². The van der Waals surface area contributed by atoms with E-state index >= 15 is 0 Å². The minimum absolute atomic E-state index is 0.107. The van der Waals surface area contributed by atoms with Gasteiger partial charge < -0.3 is 14.6 Å². The van der Waals surface area contributed by atoms with Gasteiger partial charge in [0.15, 0.2) is 11.5 Å². The van der Waals surface area contributed by atoms with Crippen molar-refractivity contribution in [2.24, 2.45) is 0 Å². The van der Waals surface area contributed by atoms with Crippen LogP contribution in [0.5, 0.6) is 11.5 Å². The van der Waals surface area contributed by atoms with Gasteiger partial charge in [0.05, 0.1) is 0 Å². The first-order valence-electron chi connectivity index (χ1n) is 4.32. The van der Waals surface area contributed by atoms with Crippen molar-refractivity contribution in [2.75, 3.05) is 19.8 Å². The molecule has 0 saturated heterocycles. The van der Waals surface area contributed by atoms with E-state index in [9.17, 15) is 0 Å². The summed E-state index contributed by atoms with van der Waals surface area (Å²) < 4.78 is 10.8. The molecule has 0 saturated carbocycles. The molecular formula is C10H11O3. The molecule has 0 bridgehead atoms. The van der Waals surface area contributed by atoms with Gasteiger partial charge in [-0.3, -0.25) is 0 Å². The van der Waals surface area contributed by atoms with Crippen molar-refractivity contribution in [3.05, 3.63) is 23.8 Å². The number of hydrogen-bond donors (Lipinski definition) is 1. The minimum Gasteiger partial charge on any atom is -0.486 e. The van der Waals surface area contributed by atoms with E-state index in [2.05, 4.69) is 6.07 Å². The molecule has 13 heavy (non-hydrogen) atoms. The van der Waals surface area contributed by atoms with Gasteiger partial charge in [0.25, 0.3) is 0 Å². The maximum absolute atomic E-state index is 8.80.